The molecule has 0 aliphatic carbocycles. The summed E-state index contributed by atoms with van der Waals surface area (Å²) >= 11 is 0. The van der Waals surface area contributed by atoms with Crippen molar-refractivity contribution in [3.8, 4) is 0 Å². The summed E-state index contributed by atoms with van der Waals surface area (Å²) in [5.74, 6) is 1.31. The van der Waals surface area contributed by atoms with Crippen LogP contribution in [0, 0.1) is 17.8 Å². The Morgan fingerprint density at radius 3 is 2.42 bits per heavy atom. The number of hydrogen-bond donors (Lipinski definition) is 1. The van der Waals surface area contributed by atoms with Gasteiger partial charge in [0, 0.05) is 38.1 Å². The van der Waals surface area contributed by atoms with E-state index in [2.05, 4.69) is 10.4 Å². The minimum absolute atomic E-state index is 0. The number of nitrogens with zero attached hydrogens (tertiary/aromatic N) is 3. The van der Waals surface area contributed by atoms with E-state index in [9.17, 15) is 9.59 Å². The molecule has 0 saturated carbocycles. The van der Waals surface area contributed by atoms with Crippen LogP contribution in [-0.2, 0) is 6.54 Å². The van der Waals surface area contributed by atoms with Crippen LogP contribution in [0.25, 0.3) is 10.8 Å². The number of benzene rings is 1. The molecule has 0 spiro atoms. The molecule has 7 heteroatoms. The Balaban J connectivity index is 0.00000196. The van der Waals surface area contributed by atoms with Crippen LogP contribution in [0.2, 0.25) is 0 Å². The zero-order valence-corrected chi connectivity index (χ0v) is 16.0. The van der Waals surface area contributed by atoms with Gasteiger partial charge in [0.15, 0.2) is 5.69 Å². The fraction of sp³-hybridized carbons (Fsp3) is 0.526. The van der Waals surface area contributed by atoms with Crippen LogP contribution in [-0.4, -0.2) is 46.8 Å². The maximum Gasteiger partial charge on any atom is 0.274 e. The second-order valence-corrected chi connectivity index (χ2v) is 7.66. The van der Waals surface area contributed by atoms with E-state index in [1.807, 2.05) is 36.9 Å². The second-order valence-electron chi connectivity index (χ2n) is 7.66. The van der Waals surface area contributed by atoms with Crippen molar-refractivity contribution in [3.05, 3.63) is 40.3 Å². The molecular formula is C19H25ClN4O2. The molecule has 4 rings (SSSR count). The predicted molar refractivity (Wildman–Crippen MR) is 104 cm³/mol. The van der Waals surface area contributed by atoms with Crippen LogP contribution < -0.4 is 10.9 Å². The van der Waals surface area contributed by atoms with E-state index in [1.165, 1.54) is 4.68 Å². The van der Waals surface area contributed by atoms with Crippen molar-refractivity contribution in [3.63, 3.8) is 0 Å². The van der Waals surface area contributed by atoms with Gasteiger partial charge in [0.05, 0.1) is 5.39 Å². The number of likely N-dealkylation sites (tertiary alicyclic amines) is 1. The molecule has 2 aromatic rings. The van der Waals surface area contributed by atoms with E-state index >= 15 is 0 Å². The van der Waals surface area contributed by atoms with Crippen molar-refractivity contribution in [1.82, 2.24) is 20.0 Å². The fourth-order valence-electron chi connectivity index (χ4n) is 4.03. The summed E-state index contributed by atoms with van der Waals surface area (Å²) in [7, 11) is 0. The van der Waals surface area contributed by atoms with Crippen molar-refractivity contribution in [1.29, 1.82) is 0 Å². The molecule has 3 heterocycles. The molecule has 2 fully saturated rings. The van der Waals surface area contributed by atoms with E-state index in [4.69, 9.17) is 0 Å². The van der Waals surface area contributed by atoms with Gasteiger partial charge in [-0.15, -0.1) is 12.4 Å². The maximum absolute atomic E-state index is 13.2. The maximum atomic E-state index is 13.2. The Bertz CT molecular complexity index is 867. The molecule has 0 radical (unpaired) electrons. The van der Waals surface area contributed by atoms with Gasteiger partial charge in [-0.1, -0.05) is 32.0 Å². The highest BCUT2D eigenvalue weighted by Gasteiger charge is 2.39. The van der Waals surface area contributed by atoms with Crippen LogP contribution in [0.1, 0.15) is 24.3 Å². The van der Waals surface area contributed by atoms with E-state index in [1.54, 1.807) is 6.07 Å². The molecule has 1 N–H and O–H groups in total. The first-order valence-corrected chi connectivity index (χ1v) is 9.04. The molecule has 0 bridgehead atoms. The Morgan fingerprint density at radius 2 is 1.81 bits per heavy atom. The van der Waals surface area contributed by atoms with Gasteiger partial charge in [0.25, 0.3) is 11.5 Å². The van der Waals surface area contributed by atoms with Gasteiger partial charge in [0.2, 0.25) is 0 Å². The summed E-state index contributed by atoms with van der Waals surface area (Å²) in [5.41, 5.74) is 0.284. The van der Waals surface area contributed by atoms with Crippen molar-refractivity contribution >= 4 is 29.1 Å². The first-order valence-electron chi connectivity index (χ1n) is 9.04. The average Bonchev–Trinajstić information content (AvgIpc) is 3.18. The number of carbonyl (C=O) groups excluding carboxylic acids is 1. The van der Waals surface area contributed by atoms with Crippen molar-refractivity contribution < 1.29 is 4.79 Å². The number of aromatic nitrogens is 2. The first kappa shape index (κ1) is 18.9. The molecular weight excluding hydrogens is 352 g/mol. The van der Waals surface area contributed by atoms with E-state index in [0.717, 1.165) is 26.2 Å². The third kappa shape index (κ3) is 3.23. The smallest absolute Gasteiger partial charge is 0.274 e. The molecule has 1 amide bonds. The highest BCUT2D eigenvalue weighted by atomic mass is 35.5. The van der Waals surface area contributed by atoms with Crippen LogP contribution in [0.5, 0.6) is 0 Å². The van der Waals surface area contributed by atoms with Gasteiger partial charge in [-0.2, -0.15) is 5.10 Å². The number of nitrogens with one attached hydrogen (secondary N) is 1. The van der Waals surface area contributed by atoms with Gasteiger partial charge in [-0.05, 0) is 23.8 Å². The van der Waals surface area contributed by atoms with Crippen LogP contribution >= 0.6 is 12.4 Å². The SMILES string of the molecule is CC(C)Cn1nc(C(=O)N2C[C@H]3CNC[C@H]3C2)c2ccccc2c1=O.Cl. The van der Waals surface area contributed by atoms with Gasteiger partial charge in [0.1, 0.15) is 0 Å². The van der Waals surface area contributed by atoms with Gasteiger partial charge in [-0.3, -0.25) is 9.59 Å². The number of halogens is 1. The van der Waals surface area contributed by atoms with Crippen molar-refractivity contribution in [2.24, 2.45) is 17.8 Å². The third-order valence-corrected chi connectivity index (χ3v) is 5.29. The zero-order valence-electron chi connectivity index (χ0n) is 15.1. The average molecular weight is 377 g/mol. The molecule has 140 valence electrons. The van der Waals surface area contributed by atoms with Gasteiger partial charge in [-0.25, -0.2) is 4.68 Å². The third-order valence-electron chi connectivity index (χ3n) is 5.29. The number of carbonyl (C=O) groups is 1. The Hall–Kier alpha value is -1.92. The van der Waals surface area contributed by atoms with E-state index < -0.39 is 0 Å². The van der Waals surface area contributed by atoms with Crippen LogP contribution in [0.4, 0.5) is 0 Å². The number of fused-ring (bicyclic) bond motifs is 2. The predicted octanol–water partition coefficient (Wildman–Crippen LogP) is 1.77. The molecule has 2 saturated heterocycles. The molecule has 2 aliphatic rings. The largest absolute Gasteiger partial charge is 0.337 e. The summed E-state index contributed by atoms with van der Waals surface area (Å²) in [6.45, 7) is 8.11. The van der Waals surface area contributed by atoms with E-state index in [0.29, 0.717) is 34.8 Å². The summed E-state index contributed by atoms with van der Waals surface area (Å²) in [6, 6.07) is 7.31. The quantitative estimate of drug-likeness (QED) is 0.886. The zero-order chi connectivity index (χ0) is 17.6. The minimum atomic E-state index is -0.122. The monoisotopic (exact) mass is 376 g/mol. The van der Waals surface area contributed by atoms with Gasteiger partial charge >= 0.3 is 0 Å². The molecule has 6 nitrogen and oxygen atoms in total. The number of amides is 1. The molecule has 0 unspecified atom stereocenters. The standard InChI is InChI=1S/C19H24N4O2.ClH/c1-12(2)9-23-18(24)16-6-4-3-5-15(16)17(21-23)19(25)22-10-13-7-20-8-14(13)11-22;/h3-6,12-14,20H,7-11H2,1-2H3;1H/t13-,14+;. The Labute approximate surface area is 159 Å². The Morgan fingerprint density at radius 1 is 1.19 bits per heavy atom. The lowest BCUT2D eigenvalue weighted by Crippen LogP contribution is -2.35. The van der Waals surface area contributed by atoms with Crippen LogP contribution in [0.3, 0.4) is 0 Å². The first-order chi connectivity index (χ1) is 12.0. The molecule has 1 aromatic heterocycles. The van der Waals surface area contributed by atoms with E-state index in [-0.39, 0.29) is 29.8 Å². The van der Waals surface area contributed by atoms with Crippen LogP contribution in [0.15, 0.2) is 29.1 Å². The molecule has 26 heavy (non-hydrogen) atoms. The highest BCUT2D eigenvalue weighted by molar-refractivity contribution is 6.04. The Kier molecular flexibility index (Phi) is 5.34. The summed E-state index contributed by atoms with van der Waals surface area (Å²) in [4.78, 5) is 27.8. The number of rotatable bonds is 3. The lowest BCUT2D eigenvalue weighted by molar-refractivity contribution is 0.0775. The lowest BCUT2D eigenvalue weighted by atomic mass is 10.0. The lowest BCUT2D eigenvalue weighted by Gasteiger charge is -2.19. The highest BCUT2D eigenvalue weighted by Crippen LogP contribution is 2.28. The van der Waals surface area contributed by atoms with Gasteiger partial charge < -0.3 is 10.2 Å². The summed E-state index contributed by atoms with van der Waals surface area (Å²) in [6.07, 6.45) is 0. The molecule has 2 atom stereocenters. The second kappa shape index (κ2) is 7.37. The van der Waals surface area contributed by atoms with Crippen molar-refractivity contribution in [2.75, 3.05) is 26.2 Å². The number of hydrogen-bond acceptors (Lipinski definition) is 4. The normalized spacial score (nSPS) is 21.9. The van der Waals surface area contributed by atoms with Crippen molar-refractivity contribution in [2.45, 2.75) is 20.4 Å². The fourth-order valence-corrected chi connectivity index (χ4v) is 4.03. The minimum Gasteiger partial charge on any atom is -0.337 e. The molecule has 2 aliphatic heterocycles. The topological polar surface area (TPSA) is 67.2 Å². The molecule has 1 aromatic carbocycles. The summed E-state index contributed by atoms with van der Waals surface area (Å²) in [5, 5.41) is 9.10. The summed E-state index contributed by atoms with van der Waals surface area (Å²) < 4.78 is 1.46.